The third-order valence-electron chi connectivity index (χ3n) is 17.2. The highest BCUT2D eigenvalue weighted by Crippen LogP contribution is 2.61. The maximum atomic E-state index is 7.51. The molecule has 364 valence electrons. The minimum absolute atomic E-state index is 0.000718. The predicted octanol–water partition coefficient (Wildman–Crippen LogP) is 16.0. The number of benzene rings is 7. The van der Waals surface area contributed by atoms with Crippen LogP contribution in [0.5, 0.6) is 5.75 Å². The molecule has 10 unspecified atom stereocenters. The quantitative estimate of drug-likeness (QED) is 0.152. The SMILES string of the molecule is Cc1ccccc1C1=CC=CC2c3cccc(N(C4=CC5C(OC6c7ccccc7C(N(C7=CC=CC8C7OC7C(c9ccccc9C)=CC=CC78)c7ccccc7)=CC65)c5ccccc54)c4ccccc4)c3OC12. The number of rotatable bonds is 8. The van der Waals surface area contributed by atoms with E-state index in [2.05, 4.69) is 266 Å². The molecule has 7 aromatic carbocycles. The number of ether oxygens (including phenoxy) is 3. The van der Waals surface area contributed by atoms with Crippen molar-refractivity contribution in [2.45, 2.75) is 50.3 Å². The molecule has 3 heterocycles. The smallest absolute Gasteiger partial charge is 0.148 e. The molecule has 0 radical (unpaired) electrons. The summed E-state index contributed by atoms with van der Waals surface area (Å²) in [5.41, 5.74) is 20.1. The molecule has 75 heavy (non-hydrogen) atoms. The second kappa shape index (κ2) is 17.7. The van der Waals surface area contributed by atoms with Crippen molar-refractivity contribution in [3.8, 4) is 5.75 Å². The van der Waals surface area contributed by atoms with Crippen LogP contribution in [0.3, 0.4) is 0 Å². The van der Waals surface area contributed by atoms with E-state index in [0.717, 1.165) is 45.5 Å². The third-order valence-corrected chi connectivity index (χ3v) is 17.2. The molecule has 7 aromatic rings. The van der Waals surface area contributed by atoms with E-state index in [4.69, 9.17) is 14.2 Å². The first-order valence-electron chi connectivity index (χ1n) is 26.8. The lowest BCUT2D eigenvalue weighted by atomic mass is 9.74. The first kappa shape index (κ1) is 44.3. The van der Waals surface area contributed by atoms with Crippen molar-refractivity contribution in [3.63, 3.8) is 0 Å². The van der Waals surface area contributed by atoms with Gasteiger partial charge < -0.3 is 24.0 Å². The number of hydrogen-bond acceptors (Lipinski definition) is 5. The van der Waals surface area contributed by atoms with Gasteiger partial charge in [0, 0.05) is 68.9 Å². The number of fused-ring (bicyclic) bond motifs is 13. The van der Waals surface area contributed by atoms with Gasteiger partial charge in [-0.3, -0.25) is 0 Å². The lowest BCUT2D eigenvalue weighted by Crippen LogP contribution is -2.35. The molecule has 0 N–H and O–H groups in total. The Labute approximate surface area is 439 Å². The van der Waals surface area contributed by atoms with Crippen LogP contribution in [0.4, 0.5) is 17.1 Å². The maximum absolute atomic E-state index is 7.51. The molecule has 0 saturated carbocycles. The molecule has 5 nitrogen and oxygen atoms in total. The fourth-order valence-electron chi connectivity index (χ4n) is 13.9. The van der Waals surface area contributed by atoms with Crippen molar-refractivity contribution in [2.75, 3.05) is 9.80 Å². The van der Waals surface area contributed by atoms with Gasteiger partial charge >= 0.3 is 0 Å². The molecule has 0 spiro atoms. The van der Waals surface area contributed by atoms with Gasteiger partial charge in [-0.15, -0.1) is 0 Å². The van der Waals surface area contributed by atoms with Gasteiger partial charge in [0.2, 0.25) is 0 Å². The number of aryl methyl sites for hydroxylation is 2. The van der Waals surface area contributed by atoms with E-state index in [0.29, 0.717) is 0 Å². The number of para-hydroxylation sites is 3. The Morgan fingerprint density at radius 2 is 0.853 bits per heavy atom. The molecule has 5 heteroatoms. The molecule has 8 aliphatic rings. The maximum Gasteiger partial charge on any atom is 0.148 e. The van der Waals surface area contributed by atoms with Crippen molar-refractivity contribution >= 4 is 39.6 Å². The van der Waals surface area contributed by atoms with Gasteiger partial charge in [0.15, 0.2) is 0 Å². The Morgan fingerprint density at radius 3 is 1.48 bits per heavy atom. The molecule has 5 aliphatic carbocycles. The molecule has 0 amide bonds. The summed E-state index contributed by atoms with van der Waals surface area (Å²) < 4.78 is 22.3. The zero-order valence-electron chi connectivity index (χ0n) is 42.0. The van der Waals surface area contributed by atoms with Gasteiger partial charge in [0.1, 0.15) is 18.0 Å². The zero-order chi connectivity index (χ0) is 49.7. The Kier molecular flexibility index (Phi) is 10.5. The largest absolute Gasteiger partial charge is 0.482 e. The van der Waals surface area contributed by atoms with Crippen LogP contribution in [0.15, 0.2) is 248 Å². The fraction of sp³-hybridized carbons (Fsp3) is 0.171. The fourth-order valence-corrected chi connectivity index (χ4v) is 13.9. The number of anilines is 3. The number of allylic oxidation sites excluding steroid dienone is 6. The highest BCUT2D eigenvalue weighted by atomic mass is 16.5. The summed E-state index contributed by atoms with van der Waals surface area (Å²) in [5, 5.41) is 0. The Hall–Kier alpha value is -8.22. The predicted molar refractivity (Wildman–Crippen MR) is 303 cm³/mol. The van der Waals surface area contributed by atoms with Gasteiger partial charge in [0.05, 0.1) is 35.4 Å². The van der Waals surface area contributed by atoms with Crippen molar-refractivity contribution < 1.29 is 14.2 Å². The van der Waals surface area contributed by atoms with E-state index in [1.165, 1.54) is 55.7 Å². The van der Waals surface area contributed by atoms with E-state index in [-0.39, 0.29) is 60.1 Å². The van der Waals surface area contributed by atoms with Gasteiger partial charge in [0.25, 0.3) is 0 Å². The van der Waals surface area contributed by atoms with Crippen LogP contribution in [0.1, 0.15) is 68.2 Å². The third kappa shape index (κ3) is 6.98. The van der Waals surface area contributed by atoms with E-state index < -0.39 is 0 Å². The van der Waals surface area contributed by atoms with E-state index in [1.807, 2.05) is 0 Å². The minimum atomic E-state index is -0.177. The summed E-state index contributed by atoms with van der Waals surface area (Å²) in [5.74, 6) is 1.37. The van der Waals surface area contributed by atoms with Crippen molar-refractivity contribution in [3.05, 3.63) is 299 Å². The summed E-state index contributed by atoms with van der Waals surface area (Å²) in [6, 6.07) is 63.8. The molecular formula is C70H56N2O3. The highest BCUT2D eigenvalue weighted by Gasteiger charge is 2.53. The van der Waals surface area contributed by atoms with E-state index in [9.17, 15) is 0 Å². The summed E-state index contributed by atoms with van der Waals surface area (Å²) >= 11 is 0. The van der Waals surface area contributed by atoms with Crippen LogP contribution in [-0.2, 0) is 9.47 Å². The average molecular weight is 973 g/mol. The Morgan fingerprint density at radius 1 is 0.373 bits per heavy atom. The molecule has 0 bridgehead atoms. The van der Waals surface area contributed by atoms with Crippen LogP contribution in [0, 0.1) is 37.5 Å². The van der Waals surface area contributed by atoms with Crippen molar-refractivity contribution in [1.29, 1.82) is 0 Å². The van der Waals surface area contributed by atoms with E-state index >= 15 is 0 Å². The zero-order valence-corrected chi connectivity index (χ0v) is 42.0. The molecule has 0 aromatic heterocycles. The summed E-state index contributed by atoms with van der Waals surface area (Å²) in [6.45, 7) is 4.40. The van der Waals surface area contributed by atoms with Gasteiger partial charge in [-0.2, -0.15) is 0 Å². The Bertz CT molecular complexity index is 3710. The van der Waals surface area contributed by atoms with Crippen molar-refractivity contribution in [2.24, 2.45) is 23.7 Å². The Balaban J connectivity index is 0.863. The second-order valence-electron chi connectivity index (χ2n) is 21.3. The van der Waals surface area contributed by atoms with Crippen molar-refractivity contribution in [1.82, 2.24) is 0 Å². The standard InChI is InChI=1S/C70H56N2O3/c1-43-21-9-11-27-47(43)51-33-17-35-55-57-37-19-39-61(69(57)74-65(51)55)71(45-23-5-3-6-24-45)63-41-59-60-42-64(50-30-14-16-32-54(50)68(60)73-67(59)53-31-15-13-29-49(53)63)72(46-25-7-4-8-26-46)62-40-20-38-58-56-36-18-34-52(66(56)75-70(58)62)48-28-12-10-22-44(48)2/h3-42,55-57,59-60,65-69H,1-2H3. The first-order chi connectivity index (χ1) is 37.1. The summed E-state index contributed by atoms with van der Waals surface area (Å²) in [7, 11) is 0. The first-order valence-corrected chi connectivity index (χ1v) is 26.8. The van der Waals surface area contributed by atoms with Crippen LogP contribution < -0.4 is 14.5 Å². The lowest BCUT2D eigenvalue weighted by Gasteiger charge is -2.39. The molecule has 3 aliphatic heterocycles. The molecule has 15 rings (SSSR count). The molecule has 2 fully saturated rings. The van der Waals surface area contributed by atoms with Crippen LogP contribution in [-0.4, -0.2) is 18.3 Å². The second-order valence-corrected chi connectivity index (χ2v) is 21.3. The summed E-state index contributed by atoms with van der Waals surface area (Å²) in [6.07, 6.45) is 25.0. The molecule has 10 atom stereocenters. The highest BCUT2D eigenvalue weighted by molar-refractivity contribution is 5.94. The average Bonchev–Trinajstić information content (AvgIpc) is 4.23. The number of hydrogen-bond donors (Lipinski definition) is 0. The van der Waals surface area contributed by atoms with Crippen LogP contribution in [0.2, 0.25) is 0 Å². The van der Waals surface area contributed by atoms with Gasteiger partial charge in [-0.1, -0.05) is 206 Å². The summed E-state index contributed by atoms with van der Waals surface area (Å²) in [4.78, 5) is 4.97. The topological polar surface area (TPSA) is 34.2 Å². The van der Waals surface area contributed by atoms with Gasteiger partial charge in [-0.05, 0) is 89.2 Å². The van der Waals surface area contributed by atoms with Crippen LogP contribution >= 0.6 is 0 Å². The lowest BCUT2D eigenvalue weighted by molar-refractivity contribution is 0.0314. The van der Waals surface area contributed by atoms with E-state index in [1.54, 1.807) is 0 Å². The van der Waals surface area contributed by atoms with Gasteiger partial charge in [-0.25, -0.2) is 0 Å². The molecular weight excluding hydrogens is 917 g/mol. The number of nitrogens with zero attached hydrogens (tertiary/aromatic N) is 2. The molecule has 2 saturated heterocycles. The minimum Gasteiger partial charge on any atom is -0.482 e. The monoisotopic (exact) mass is 972 g/mol. The van der Waals surface area contributed by atoms with Crippen LogP contribution in [0.25, 0.3) is 22.5 Å². The normalized spacial score (nSPS) is 26.8.